The van der Waals surface area contributed by atoms with Gasteiger partial charge in [0.15, 0.2) is 5.65 Å². The Kier molecular flexibility index (Phi) is 4.08. The zero-order chi connectivity index (χ0) is 16.5. The average Bonchev–Trinajstić information content (AvgIpc) is 3.05. The standard InChI is InChI=1S/C17H19ClN6/c1-2-15-21-16(23-8-6-19-7-9-23)14-11-20-24(17(14)22-15)13-5-3-4-12(18)10-13/h3-5,10-11,19H,2,6-9H2,1H3. The number of nitrogens with one attached hydrogen (secondary N) is 1. The molecule has 1 fully saturated rings. The number of benzene rings is 1. The maximum atomic E-state index is 6.14. The molecule has 1 aliphatic heterocycles. The number of anilines is 1. The Morgan fingerprint density at radius 1 is 1.21 bits per heavy atom. The third-order valence-corrected chi connectivity index (χ3v) is 4.48. The number of halogens is 1. The van der Waals surface area contributed by atoms with Gasteiger partial charge >= 0.3 is 0 Å². The molecule has 0 saturated carbocycles. The molecule has 24 heavy (non-hydrogen) atoms. The van der Waals surface area contributed by atoms with Crippen LogP contribution in [0.1, 0.15) is 12.7 Å². The first kappa shape index (κ1) is 15.4. The van der Waals surface area contributed by atoms with Crippen molar-refractivity contribution in [2.45, 2.75) is 13.3 Å². The maximum absolute atomic E-state index is 6.14. The van der Waals surface area contributed by atoms with E-state index in [0.29, 0.717) is 5.02 Å². The number of aromatic nitrogens is 4. The molecule has 3 heterocycles. The highest BCUT2D eigenvalue weighted by molar-refractivity contribution is 6.30. The van der Waals surface area contributed by atoms with Gasteiger partial charge in [-0.2, -0.15) is 5.10 Å². The van der Waals surface area contributed by atoms with Crippen molar-refractivity contribution >= 4 is 28.5 Å². The number of hydrogen-bond donors (Lipinski definition) is 1. The van der Waals surface area contributed by atoms with E-state index in [1.54, 1.807) is 0 Å². The number of aryl methyl sites for hydroxylation is 1. The molecule has 1 aliphatic rings. The molecule has 0 bridgehead atoms. The van der Waals surface area contributed by atoms with Crippen molar-refractivity contribution in [2.75, 3.05) is 31.1 Å². The Bertz CT molecular complexity index is 869. The quantitative estimate of drug-likeness (QED) is 0.792. The second-order valence-electron chi connectivity index (χ2n) is 5.83. The molecule has 1 saturated heterocycles. The Morgan fingerprint density at radius 3 is 2.79 bits per heavy atom. The predicted molar refractivity (Wildman–Crippen MR) is 96.1 cm³/mol. The van der Waals surface area contributed by atoms with Crippen molar-refractivity contribution in [3.05, 3.63) is 41.3 Å². The zero-order valence-corrected chi connectivity index (χ0v) is 14.3. The molecule has 0 aliphatic carbocycles. The largest absolute Gasteiger partial charge is 0.353 e. The van der Waals surface area contributed by atoms with Crippen LogP contribution in [0.2, 0.25) is 5.02 Å². The van der Waals surface area contributed by atoms with Crippen molar-refractivity contribution in [1.29, 1.82) is 0 Å². The van der Waals surface area contributed by atoms with Crippen molar-refractivity contribution in [3.8, 4) is 5.69 Å². The fraction of sp³-hybridized carbons (Fsp3) is 0.353. The molecular weight excluding hydrogens is 324 g/mol. The van der Waals surface area contributed by atoms with Crippen LogP contribution in [0.4, 0.5) is 5.82 Å². The molecular formula is C17H19ClN6. The first-order valence-corrected chi connectivity index (χ1v) is 8.60. The van der Waals surface area contributed by atoms with E-state index < -0.39 is 0 Å². The van der Waals surface area contributed by atoms with Gasteiger partial charge in [-0.3, -0.25) is 0 Å². The van der Waals surface area contributed by atoms with Crippen molar-refractivity contribution in [2.24, 2.45) is 0 Å². The second-order valence-corrected chi connectivity index (χ2v) is 6.26. The summed E-state index contributed by atoms with van der Waals surface area (Å²) in [6, 6.07) is 7.66. The Balaban J connectivity index is 1.89. The van der Waals surface area contributed by atoms with Gasteiger partial charge < -0.3 is 10.2 Å². The van der Waals surface area contributed by atoms with E-state index >= 15 is 0 Å². The first-order chi connectivity index (χ1) is 11.8. The minimum absolute atomic E-state index is 0.684. The van der Waals surface area contributed by atoms with Crippen LogP contribution < -0.4 is 10.2 Å². The fourth-order valence-corrected chi connectivity index (χ4v) is 3.19. The van der Waals surface area contributed by atoms with Crippen LogP contribution in [0.3, 0.4) is 0 Å². The number of nitrogens with zero attached hydrogens (tertiary/aromatic N) is 5. The SMILES string of the molecule is CCc1nc(N2CCNCC2)c2cnn(-c3cccc(Cl)c3)c2n1. The van der Waals surface area contributed by atoms with Crippen LogP contribution in [0, 0.1) is 0 Å². The van der Waals surface area contributed by atoms with Crippen LogP contribution in [0.25, 0.3) is 16.7 Å². The lowest BCUT2D eigenvalue weighted by Gasteiger charge is -2.29. The Morgan fingerprint density at radius 2 is 2.04 bits per heavy atom. The maximum Gasteiger partial charge on any atom is 0.168 e. The summed E-state index contributed by atoms with van der Waals surface area (Å²) in [5.74, 6) is 1.81. The lowest BCUT2D eigenvalue weighted by molar-refractivity contribution is 0.585. The highest BCUT2D eigenvalue weighted by Crippen LogP contribution is 2.27. The van der Waals surface area contributed by atoms with Crippen LogP contribution in [0.15, 0.2) is 30.5 Å². The first-order valence-electron chi connectivity index (χ1n) is 8.22. The average molecular weight is 343 g/mol. The summed E-state index contributed by atoms with van der Waals surface area (Å²) in [4.78, 5) is 11.8. The van der Waals surface area contributed by atoms with Gasteiger partial charge in [-0.05, 0) is 18.2 Å². The molecule has 3 aromatic rings. The molecule has 0 spiro atoms. The molecule has 0 radical (unpaired) electrons. The van der Waals surface area contributed by atoms with Gasteiger partial charge in [0.05, 0.1) is 17.3 Å². The van der Waals surface area contributed by atoms with Gasteiger partial charge in [0.1, 0.15) is 11.6 Å². The summed E-state index contributed by atoms with van der Waals surface area (Å²) in [6.07, 6.45) is 2.64. The molecule has 7 heteroatoms. The molecule has 4 rings (SSSR count). The number of fused-ring (bicyclic) bond motifs is 1. The van der Waals surface area contributed by atoms with Gasteiger partial charge in [-0.1, -0.05) is 24.6 Å². The lowest BCUT2D eigenvalue weighted by Crippen LogP contribution is -2.44. The fourth-order valence-electron chi connectivity index (χ4n) is 3.01. The summed E-state index contributed by atoms with van der Waals surface area (Å²) >= 11 is 6.14. The second kappa shape index (κ2) is 6.37. The van der Waals surface area contributed by atoms with Crippen molar-refractivity contribution < 1.29 is 0 Å². The van der Waals surface area contributed by atoms with Gasteiger partial charge in [0.25, 0.3) is 0 Å². The summed E-state index contributed by atoms with van der Waals surface area (Å²) in [5.41, 5.74) is 1.74. The van der Waals surface area contributed by atoms with Crippen LogP contribution in [-0.2, 0) is 6.42 Å². The van der Waals surface area contributed by atoms with E-state index in [0.717, 1.165) is 61.0 Å². The molecule has 2 aromatic heterocycles. The smallest absolute Gasteiger partial charge is 0.168 e. The third kappa shape index (κ3) is 2.72. The highest BCUT2D eigenvalue weighted by atomic mass is 35.5. The highest BCUT2D eigenvalue weighted by Gasteiger charge is 2.19. The summed E-state index contributed by atoms with van der Waals surface area (Å²) in [5, 5.41) is 9.59. The summed E-state index contributed by atoms with van der Waals surface area (Å²) < 4.78 is 1.84. The van der Waals surface area contributed by atoms with Crippen LogP contribution in [-0.4, -0.2) is 45.9 Å². The monoisotopic (exact) mass is 342 g/mol. The van der Waals surface area contributed by atoms with Crippen molar-refractivity contribution in [3.63, 3.8) is 0 Å². The third-order valence-electron chi connectivity index (χ3n) is 4.24. The van der Waals surface area contributed by atoms with E-state index in [1.165, 1.54) is 0 Å². The minimum Gasteiger partial charge on any atom is -0.353 e. The predicted octanol–water partition coefficient (Wildman–Crippen LogP) is 2.44. The van der Waals surface area contributed by atoms with Crippen molar-refractivity contribution in [1.82, 2.24) is 25.1 Å². The van der Waals surface area contributed by atoms with E-state index in [1.807, 2.05) is 35.1 Å². The van der Waals surface area contributed by atoms with Gasteiger partial charge in [-0.25, -0.2) is 14.6 Å². The molecule has 124 valence electrons. The number of rotatable bonds is 3. The topological polar surface area (TPSA) is 58.9 Å². The Hall–Kier alpha value is -2.18. The van der Waals surface area contributed by atoms with Gasteiger partial charge in [0.2, 0.25) is 0 Å². The summed E-state index contributed by atoms with van der Waals surface area (Å²) in [6.45, 7) is 5.89. The normalized spacial score (nSPS) is 15.2. The zero-order valence-electron chi connectivity index (χ0n) is 13.5. The molecule has 0 unspecified atom stereocenters. The minimum atomic E-state index is 0.684. The van der Waals surface area contributed by atoms with E-state index in [9.17, 15) is 0 Å². The lowest BCUT2D eigenvalue weighted by atomic mass is 10.3. The molecule has 6 nitrogen and oxygen atoms in total. The molecule has 0 atom stereocenters. The molecule has 0 amide bonds. The molecule has 1 N–H and O–H groups in total. The van der Waals surface area contributed by atoms with Gasteiger partial charge in [-0.15, -0.1) is 0 Å². The molecule has 1 aromatic carbocycles. The Labute approximate surface area is 145 Å². The van der Waals surface area contributed by atoms with Gasteiger partial charge in [0, 0.05) is 37.6 Å². The van der Waals surface area contributed by atoms with E-state index in [2.05, 4.69) is 22.2 Å². The van der Waals surface area contributed by atoms with Crippen LogP contribution >= 0.6 is 11.6 Å². The van der Waals surface area contributed by atoms with Crippen LogP contribution in [0.5, 0.6) is 0 Å². The van der Waals surface area contributed by atoms with E-state index in [4.69, 9.17) is 21.6 Å². The summed E-state index contributed by atoms with van der Waals surface area (Å²) in [7, 11) is 0. The number of hydrogen-bond acceptors (Lipinski definition) is 5. The van der Waals surface area contributed by atoms with E-state index in [-0.39, 0.29) is 0 Å². The number of piperazine rings is 1.